The second-order valence-corrected chi connectivity index (χ2v) is 9.74. The largest absolute Gasteiger partial charge is 0.493 e. The zero-order chi connectivity index (χ0) is 32.0. The Labute approximate surface area is 253 Å². The molecule has 3 aromatic carbocycles. The summed E-state index contributed by atoms with van der Waals surface area (Å²) in [7, 11) is 7.30. The summed E-state index contributed by atoms with van der Waals surface area (Å²) in [5.74, 6) is 1.14. The third-order valence-corrected chi connectivity index (χ3v) is 7.25. The van der Waals surface area contributed by atoms with Crippen molar-refractivity contribution in [2.24, 2.45) is 0 Å². The Bertz CT molecular complexity index is 1520. The van der Waals surface area contributed by atoms with Crippen LogP contribution in [0.2, 0.25) is 0 Å². The van der Waals surface area contributed by atoms with E-state index in [1.165, 1.54) is 53.8 Å². The maximum atomic E-state index is 13.6. The molecule has 4 rings (SSSR count). The van der Waals surface area contributed by atoms with Gasteiger partial charge in [-0.25, -0.2) is 0 Å². The summed E-state index contributed by atoms with van der Waals surface area (Å²) >= 11 is 0. The lowest BCUT2D eigenvalue weighted by Gasteiger charge is -2.34. The van der Waals surface area contributed by atoms with Crippen molar-refractivity contribution in [2.45, 2.75) is 6.18 Å². The molecule has 1 fully saturated rings. The van der Waals surface area contributed by atoms with E-state index in [0.29, 0.717) is 39.9 Å². The van der Waals surface area contributed by atoms with Gasteiger partial charge in [0.25, 0.3) is 5.91 Å². The highest BCUT2D eigenvalue weighted by atomic mass is 19.4. The lowest BCUT2D eigenvalue weighted by Crippen LogP contribution is -2.50. The number of hydrogen-bond donors (Lipinski definition) is 0. The van der Waals surface area contributed by atoms with Crippen molar-refractivity contribution in [3.63, 3.8) is 0 Å². The van der Waals surface area contributed by atoms with E-state index in [9.17, 15) is 22.8 Å². The van der Waals surface area contributed by atoms with Gasteiger partial charge >= 0.3 is 6.18 Å². The van der Waals surface area contributed by atoms with Gasteiger partial charge < -0.3 is 33.5 Å². The summed E-state index contributed by atoms with van der Waals surface area (Å²) in [6, 6.07) is 12.8. The van der Waals surface area contributed by atoms with Crippen LogP contribution in [0, 0.1) is 0 Å². The molecule has 0 aliphatic carbocycles. The molecule has 0 atom stereocenters. The molecule has 0 bridgehead atoms. The van der Waals surface area contributed by atoms with Crippen molar-refractivity contribution in [2.75, 3.05) is 61.7 Å². The van der Waals surface area contributed by atoms with Gasteiger partial charge in [0.15, 0.2) is 23.0 Å². The molecule has 9 nitrogen and oxygen atoms in total. The fourth-order valence-electron chi connectivity index (χ4n) is 4.93. The molecule has 1 saturated heterocycles. The van der Waals surface area contributed by atoms with E-state index in [4.69, 9.17) is 23.7 Å². The monoisotopic (exact) mass is 614 g/mol. The summed E-state index contributed by atoms with van der Waals surface area (Å²) < 4.78 is 67.4. The molecule has 44 heavy (non-hydrogen) atoms. The van der Waals surface area contributed by atoms with Crippen LogP contribution in [0.4, 0.5) is 13.2 Å². The fourth-order valence-corrected chi connectivity index (χ4v) is 4.93. The van der Waals surface area contributed by atoms with Crippen LogP contribution in [0.1, 0.15) is 27.0 Å². The number of piperazine rings is 1. The van der Waals surface area contributed by atoms with Crippen LogP contribution in [0.3, 0.4) is 0 Å². The van der Waals surface area contributed by atoms with Gasteiger partial charge in [0.05, 0.1) is 41.1 Å². The number of hydrogen-bond acceptors (Lipinski definition) is 7. The Balaban J connectivity index is 1.60. The lowest BCUT2D eigenvalue weighted by atomic mass is 9.95. The molecule has 2 amide bonds. The van der Waals surface area contributed by atoms with Crippen LogP contribution < -0.4 is 23.7 Å². The van der Waals surface area contributed by atoms with E-state index in [2.05, 4.69) is 0 Å². The van der Waals surface area contributed by atoms with Crippen molar-refractivity contribution in [3.8, 4) is 28.7 Å². The number of rotatable bonds is 9. The van der Waals surface area contributed by atoms with Crippen LogP contribution >= 0.6 is 0 Å². The molecule has 0 saturated carbocycles. The number of carbonyl (C=O) groups excluding carboxylic acids is 2. The zero-order valence-corrected chi connectivity index (χ0v) is 25.0. The van der Waals surface area contributed by atoms with E-state index >= 15 is 0 Å². The molecule has 0 N–H and O–H groups in total. The first-order valence-electron chi connectivity index (χ1n) is 13.5. The van der Waals surface area contributed by atoms with Crippen molar-refractivity contribution >= 4 is 17.4 Å². The van der Waals surface area contributed by atoms with Crippen molar-refractivity contribution < 1.29 is 46.4 Å². The van der Waals surface area contributed by atoms with Crippen LogP contribution in [-0.4, -0.2) is 83.3 Å². The first-order chi connectivity index (χ1) is 21.0. The minimum atomic E-state index is -4.57. The predicted octanol–water partition coefficient (Wildman–Crippen LogP) is 5.16. The number of carbonyl (C=O) groups is 2. The van der Waals surface area contributed by atoms with Crippen LogP contribution in [-0.2, 0) is 11.0 Å². The molecule has 1 aliphatic rings. The number of benzene rings is 3. The van der Waals surface area contributed by atoms with Crippen molar-refractivity contribution in [1.29, 1.82) is 0 Å². The van der Waals surface area contributed by atoms with Gasteiger partial charge in [-0.1, -0.05) is 18.2 Å². The minimum Gasteiger partial charge on any atom is -0.493 e. The summed E-state index contributed by atoms with van der Waals surface area (Å²) in [5, 5.41) is 0. The standard InChI is InChI=1S/C32H33F3N2O7/c1-40-25-10-9-21(16-26(25)41-2)24(20-7-6-8-23(15-20)32(33,34)35)19-29(38)36-11-13-37(14-12-36)31(39)22-17-27(42-3)30(44-5)28(18-22)43-4/h6-10,15-19H,11-14H2,1-5H3. The van der Waals surface area contributed by atoms with Gasteiger partial charge in [-0.15, -0.1) is 0 Å². The maximum absolute atomic E-state index is 13.6. The van der Waals surface area contributed by atoms with Gasteiger partial charge in [0, 0.05) is 37.8 Å². The van der Waals surface area contributed by atoms with Gasteiger partial charge in [0.1, 0.15) is 0 Å². The third-order valence-electron chi connectivity index (χ3n) is 7.25. The molecule has 0 radical (unpaired) electrons. The SMILES string of the molecule is COc1ccc(C(=CC(=O)N2CCN(C(=O)c3cc(OC)c(OC)c(OC)c3)CC2)c2cccc(C(F)(F)F)c2)cc1OC. The number of methoxy groups -OCH3 is 5. The highest BCUT2D eigenvalue weighted by Crippen LogP contribution is 2.39. The lowest BCUT2D eigenvalue weighted by molar-refractivity contribution is -0.137. The van der Waals surface area contributed by atoms with Gasteiger partial charge in [-0.3, -0.25) is 9.59 Å². The van der Waals surface area contributed by atoms with Gasteiger partial charge in [-0.05, 0) is 53.1 Å². The van der Waals surface area contributed by atoms with E-state index in [1.54, 1.807) is 40.1 Å². The molecule has 3 aromatic rings. The Morgan fingerprint density at radius 2 is 1.20 bits per heavy atom. The molecule has 1 aliphatic heterocycles. The van der Waals surface area contributed by atoms with Crippen molar-refractivity contribution in [1.82, 2.24) is 9.80 Å². The number of alkyl halides is 3. The summed E-state index contributed by atoms with van der Waals surface area (Å²) in [6.07, 6.45) is -3.25. The summed E-state index contributed by atoms with van der Waals surface area (Å²) in [6.45, 7) is 0.912. The Kier molecular flexibility index (Phi) is 9.92. The van der Waals surface area contributed by atoms with Gasteiger partial charge in [0.2, 0.25) is 11.7 Å². The maximum Gasteiger partial charge on any atom is 0.416 e. The first kappa shape index (κ1) is 32.1. The number of nitrogens with zero attached hydrogens (tertiary/aromatic N) is 2. The molecular formula is C32H33F3N2O7. The van der Waals surface area contributed by atoms with E-state index in [-0.39, 0.29) is 43.2 Å². The van der Waals surface area contributed by atoms with Crippen LogP contribution in [0.5, 0.6) is 28.7 Å². The molecule has 12 heteroatoms. The average molecular weight is 615 g/mol. The third kappa shape index (κ3) is 6.85. The van der Waals surface area contributed by atoms with E-state index in [0.717, 1.165) is 12.1 Å². The average Bonchev–Trinajstić information content (AvgIpc) is 3.05. The Hall–Kier alpha value is -4.87. The molecule has 1 heterocycles. The Morgan fingerprint density at radius 3 is 1.75 bits per heavy atom. The summed E-state index contributed by atoms with van der Waals surface area (Å²) in [4.78, 5) is 30.0. The molecule has 0 aromatic heterocycles. The molecule has 234 valence electrons. The zero-order valence-electron chi connectivity index (χ0n) is 25.0. The second-order valence-electron chi connectivity index (χ2n) is 9.74. The normalized spacial score (nSPS) is 13.8. The molecular weight excluding hydrogens is 581 g/mol. The van der Waals surface area contributed by atoms with E-state index < -0.39 is 17.6 Å². The topological polar surface area (TPSA) is 86.8 Å². The number of halogens is 3. The highest BCUT2D eigenvalue weighted by Gasteiger charge is 2.31. The quantitative estimate of drug-likeness (QED) is 0.308. The van der Waals surface area contributed by atoms with Crippen LogP contribution in [0.25, 0.3) is 5.57 Å². The predicted molar refractivity (Wildman–Crippen MR) is 157 cm³/mol. The molecule has 0 spiro atoms. The Morgan fingerprint density at radius 1 is 0.659 bits per heavy atom. The minimum absolute atomic E-state index is 0.205. The highest BCUT2D eigenvalue weighted by molar-refractivity contribution is 6.00. The number of ether oxygens (including phenoxy) is 5. The van der Waals surface area contributed by atoms with Crippen molar-refractivity contribution in [3.05, 3.63) is 82.9 Å². The molecule has 0 unspecified atom stereocenters. The fraction of sp³-hybridized carbons (Fsp3) is 0.312. The smallest absolute Gasteiger partial charge is 0.416 e. The van der Waals surface area contributed by atoms with Gasteiger partial charge in [-0.2, -0.15) is 13.2 Å². The number of amides is 2. The van der Waals surface area contributed by atoms with Crippen LogP contribution in [0.15, 0.2) is 60.7 Å². The van der Waals surface area contributed by atoms with E-state index in [1.807, 2.05) is 0 Å². The second kappa shape index (κ2) is 13.6. The summed E-state index contributed by atoms with van der Waals surface area (Å²) in [5.41, 5.74) is 0.438. The first-order valence-corrected chi connectivity index (χ1v) is 13.5.